The lowest BCUT2D eigenvalue weighted by Gasteiger charge is -2.39. The van der Waals surface area contributed by atoms with Crippen LogP contribution in [0.1, 0.15) is 37.2 Å². The largest absolute Gasteiger partial charge is 0.317 e. The molecule has 2 rings (SSSR count). The van der Waals surface area contributed by atoms with Crippen LogP contribution in [0.3, 0.4) is 0 Å². The second-order valence-electron chi connectivity index (χ2n) is 4.72. The molecule has 1 aromatic rings. The van der Waals surface area contributed by atoms with Gasteiger partial charge < -0.3 is 5.73 Å². The van der Waals surface area contributed by atoms with Gasteiger partial charge in [0.1, 0.15) is 5.54 Å². The van der Waals surface area contributed by atoms with E-state index in [0.29, 0.717) is 6.42 Å². The lowest BCUT2D eigenvalue weighted by molar-refractivity contribution is -0.128. The van der Waals surface area contributed by atoms with Crippen molar-refractivity contribution in [2.24, 2.45) is 11.6 Å². The highest BCUT2D eigenvalue weighted by Gasteiger charge is 2.43. The van der Waals surface area contributed by atoms with Gasteiger partial charge in [-0.3, -0.25) is 10.2 Å². The molecule has 1 saturated carbocycles. The predicted molar refractivity (Wildman–Crippen MR) is 81.4 cm³/mol. The van der Waals surface area contributed by atoms with E-state index in [0.717, 1.165) is 24.8 Å². The van der Waals surface area contributed by atoms with Gasteiger partial charge >= 0.3 is 0 Å². The number of hydrazine groups is 1. The van der Waals surface area contributed by atoms with E-state index in [4.69, 9.17) is 11.6 Å². The zero-order valence-electron chi connectivity index (χ0n) is 10.7. The first-order chi connectivity index (χ1) is 8.18. The molecule has 1 aromatic carbocycles. The zero-order valence-corrected chi connectivity index (χ0v) is 12.3. The van der Waals surface area contributed by atoms with Gasteiger partial charge in [0.05, 0.1) is 0 Å². The monoisotopic (exact) mass is 305 g/mol. The van der Waals surface area contributed by atoms with Crippen LogP contribution in [-0.4, -0.2) is 11.4 Å². The van der Waals surface area contributed by atoms with Gasteiger partial charge in [0.15, 0.2) is 0 Å². The Kier molecular flexibility index (Phi) is 7.37. The summed E-state index contributed by atoms with van der Waals surface area (Å²) in [7, 11) is 0. The average molecular weight is 306 g/mol. The summed E-state index contributed by atoms with van der Waals surface area (Å²) in [6.45, 7) is 0. The Labute approximate surface area is 126 Å². The van der Waals surface area contributed by atoms with E-state index < -0.39 is 5.54 Å². The average Bonchev–Trinajstić information content (AvgIpc) is 2.39. The van der Waals surface area contributed by atoms with Crippen LogP contribution in [0.4, 0.5) is 0 Å². The fourth-order valence-corrected chi connectivity index (χ4v) is 2.75. The minimum absolute atomic E-state index is 0. The fourth-order valence-electron chi connectivity index (χ4n) is 2.75. The molecule has 0 spiro atoms. The Balaban J connectivity index is 0.00000162. The molecule has 108 valence electrons. The molecule has 1 aliphatic rings. The van der Waals surface area contributed by atoms with Crippen LogP contribution in [0.2, 0.25) is 0 Å². The maximum Gasteiger partial charge on any atom is 0.254 e. The third-order valence-electron chi connectivity index (χ3n) is 3.71. The molecule has 1 amide bonds. The maximum absolute atomic E-state index is 11.9. The Morgan fingerprint density at radius 3 is 2.42 bits per heavy atom. The minimum Gasteiger partial charge on any atom is -0.317 e. The number of hydrogen-bond donors (Lipinski definition) is 3. The SMILES string of the molecule is Cl.Cl.NNC(=O)C1(N)CCCCC1c1ccccc1. The van der Waals surface area contributed by atoms with Gasteiger partial charge in [0.2, 0.25) is 0 Å². The molecule has 4 nitrogen and oxygen atoms in total. The number of nitrogens with two attached hydrogens (primary N) is 2. The first-order valence-corrected chi connectivity index (χ1v) is 6.03. The topological polar surface area (TPSA) is 81.1 Å². The Hall–Kier alpha value is -0.810. The van der Waals surface area contributed by atoms with E-state index in [2.05, 4.69) is 5.43 Å². The summed E-state index contributed by atoms with van der Waals surface area (Å²) in [6, 6.07) is 9.98. The summed E-state index contributed by atoms with van der Waals surface area (Å²) >= 11 is 0. The molecule has 0 bridgehead atoms. The highest BCUT2D eigenvalue weighted by molar-refractivity contribution is 5.87. The van der Waals surface area contributed by atoms with Gasteiger partial charge in [0, 0.05) is 5.92 Å². The Morgan fingerprint density at radius 1 is 1.21 bits per heavy atom. The lowest BCUT2D eigenvalue weighted by Crippen LogP contribution is -2.60. The Morgan fingerprint density at radius 2 is 1.84 bits per heavy atom. The smallest absolute Gasteiger partial charge is 0.254 e. The molecule has 1 fully saturated rings. The number of halogens is 2. The predicted octanol–water partition coefficient (Wildman–Crippen LogP) is 1.88. The standard InChI is InChI=1S/C13H19N3O.2ClH/c14-13(12(17)16-15)9-5-4-8-11(13)10-6-2-1-3-7-10;;/h1-3,6-7,11H,4-5,8-9,14-15H2,(H,16,17);2*1H. The zero-order chi connectivity index (χ0) is 12.3. The van der Waals surface area contributed by atoms with Crippen molar-refractivity contribution in [1.82, 2.24) is 5.43 Å². The van der Waals surface area contributed by atoms with E-state index >= 15 is 0 Å². The second-order valence-corrected chi connectivity index (χ2v) is 4.72. The molecule has 2 atom stereocenters. The van der Waals surface area contributed by atoms with Gasteiger partial charge in [-0.2, -0.15) is 0 Å². The van der Waals surface area contributed by atoms with E-state index in [1.54, 1.807) is 0 Å². The fraction of sp³-hybridized carbons (Fsp3) is 0.462. The van der Waals surface area contributed by atoms with Crippen LogP contribution in [0.5, 0.6) is 0 Å². The van der Waals surface area contributed by atoms with Crippen molar-refractivity contribution in [2.45, 2.75) is 37.1 Å². The maximum atomic E-state index is 11.9. The van der Waals surface area contributed by atoms with Crippen molar-refractivity contribution in [2.75, 3.05) is 0 Å². The third kappa shape index (κ3) is 3.60. The van der Waals surface area contributed by atoms with Crippen LogP contribution >= 0.6 is 24.8 Å². The number of benzene rings is 1. The summed E-state index contributed by atoms with van der Waals surface area (Å²) in [6.07, 6.45) is 3.72. The highest BCUT2D eigenvalue weighted by Crippen LogP contribution is 2.39. The molecule has 5 N–H and O–H groups in total. The summed E-state index contributed by atoms with van der Waals surface area (Å²) in [5.74, 6) is 5.05. The van der Waals surface area contributed by atoms with E-state index in [9.17, 15) is 4.79 Å². The molecule has 1 aliphatic carbocycles. The van der Waals surface area contributed by atoms with Gasteiger partial charge in [-0.25, -0.2) is 5.84 Å². The molecule has 0 radical (unpaired) electrons. The molecule has 0 heterocycles. The van der Waals surface area contributed by atoms with Crippen LogP contribution in [0.15, 0.2) is 30.3 Å². The van der Waals surface area contributed by atoms with Crippen LogP contribution < -0.4 is 17.0 Å². The molecule has 0 saturated heterocycles. The normalized spacial score (nSPS) is 25.7. The number of rotatable bonds is 2. The van der Waals surface area contributed by atoms with E-state index in [1.807, 2.05) is 30.3 Å². The van der Waals surface area contributed by atoms with E-state index in [-0.39, 0.29) is 36.6 Å². The molecular formula is C13H21Cl2N3O. The summed E-state index contributed by atoms with van der Waals surface area (Å²) in [4.78, 5) is 11.9. The Bertz CT molecular complexity index is 402. The minimum atomic E-state index is -0.867. The first-order valence-electron chi connectivity index (χ1n) is 6.03. The summed E-state index contributed by atoms with van der Waals surface area (Å²) in [5, 5.41) is 0. The molecule has 19 heavy (non-hydrogen) atoms. The van der Waals surface area contributed by atoms with Crippen molar-refractivity contribution in [3.63, 3.8) is 0 Å². The molecule has 2 unspecified atom stereocenters. The van der Waals surface area contributed by atoms with Crippen LogP contribution in [-0.2, 0) is 4.79 Å². The second kappa shape index (κ2) is 7.70. The molecule has 0 aromatic heterocycles. The molecule has 0 aliphatic heterocycles. The van der Waals surface area contributed by atoms with Crippen molar-refractivity contribution in [3.05, 3.63) is 35.9 Å². The van der Waals surface area contributed by atoms with Gasteiger partial charge in [0.25, 0.3) is 5.91 Å². The number of amides is 1. The van der Waals surface area contributed by atoms with Gasteiger partial charge in [-0.15, -0.1) is 24.8 Å². The lowest BCUT2D eigenvalue weighted by atomic mass is 9.70. The first kappa shape index (κ1) is 18.2. The van der Waals surface area contributed by atoms with Gasteiger partial charge in [-0.05, 0) is 18.4 Å². The number of nitrogens with one attached hydrogen (secondary N) is 1. The van der Waals surface area contributed by atoms with Crippen molar-refractivity contribution in [1.29, 1.82) is 0 Å². The summed E-state index contributed by atoms with van der Waals surface area (Å²) < 4.78 is 0. The van der Waals surface area contributed by atoms with Crippen LogP contribution in [0.25, 0.3) is 0 Å². The molecule has 6 heteroatoms. The number of carbonyl (C=O) groups is 1. The van der Waals surface area contributed by atoms with Crippen molar-refractivity contribution < 1.29 is 4.79 Å². The summed E-state index contributed by atoms with van der Waals surface area (Å²) in [5.41, 5.74) is 8.77. The highest BCUT2D eigenvalue weighted by atomic mass is 35.5. The molecular weight excluding hydrogens is 285 g/mol. The quantitative estimate of drug-likeness (QED) is 0.443. The van der Waals surface area contributed by atoms with Crippen molar-refractivity contribution >= 4 is 30.7 Å². The van der Waals surface area contributed by atoms with E-state index in [1.165, 1.54) is 0 Å². The number of hydrogen-bond acceptors (Lipinski definition) is 3. The van der Waals surface area contributed by atoms with Crippen molar-refractivity contribution in [3.8, 4) is 0 Å². The third-order valence-corrected chi connectivity index (χ3v) is 3.71. The van der Waals surface area contributed by atoms with Gasteiger partial charge in [-0.1, -0.05) is 43.2 Å². The van der Waals surface area contributed by atoms with Crippen LogP contribution in [0, 0.1) is 0 Å². The number of carbonyl (C=O) groups excluding carboxylic acids is 1.